The van der Waals surface area contributed by atoms with Crippen LogP contribution in [0.3, 0.4) is 0 Å². The summed E-state index contributed by atoms with van der Waals surface area (Å²) in [6, 6.07) is 0. The Morgan fingerprint density at radius 2 is 2.44 bits per heavy atom. The Hall–Kier alpha value is -0.920. The van der Waals surface area contributed by atoms with Crippen molar-refractivity contribution in [3.8, 4) is 0 Å². The van der Waals surface area contributed by atoms with Gasteiger partial charge in [0.05, 0.1) is 5.92 Å². The second-order valence-electron chi connectivity index (χ2n) is 2.15. The molecular weight excluding hydrogens is 114 g/mol. The van der Waals surface area contributed by atoms with Crippen LogP contribution in [0.2, 0.25) is 0 Å². The van der Waals surface area contributed by atoms with Crippen LogP contribution in [0.5, 0.6) is 0 Å². The zero-order chi connectivity index (χ0) is 6.69. The second-order valence-corrected chi connectivity index (χ2v) is 2.15. The molecule has 9 heavy (non-hydrogen) atoms. The molecule has 2 heteroatoms. The molecule has 0 bridgehead atoms. The average Bonchev–Trinajstić information content (AvgIpc) is 1.89. The van der Waals surface area contributed by atoms with Crippen molar-refractivity contribution in [2.24, 2.45) is 5.92 Å². The molecule has 0 radical (unpaired) electrons. The second kappa shape index (κ2) is 2.58. The fraction of sp³-hybridized carbons (Fsp3) is 0.429. The van der Waals surface area contributed by atoms with Crippen molar-refractivity contribution in [3.05, 3.63) is 12.2 Å². The summed E-state index contributed by atoms with van der Waals surface area (Å²) in [5.74, 6) is 0.0440. The van der Waals surface area contributed by atoms with E-state index >= 15 is 0 Å². The van der Waals surface area contributed by atoms with Crippen molar-refractivity contribution >= 4 is 12.0 Å². The molecule has 1 atom stereocenters. The van der Waals surface area contributed by atoms with Crippen LogP contribution in [0.25, 0.3) is 0 Å². The number of Topliss-reactive ketones (excluding diaryl/α,β-unsaturated/α-hetero) is 1. The molecule has 0 aromatic carbocycles. The van der Waals surface area contributed by atoms with Crippen molar-refractivity contribution in [1.82, 2.24) is 0 Å². The van der Waals surface area contributed by atoms with Gasteiger partial charge in [-0.1, -0.05) is 12.2 Å². The van der Waals surface area contributed by atoms with Crippen LogP contribution in [0, 0.1) is 11.3 Å². The van der Waals surface area contributed by atoms with Crippen molar-refractivity contribution in [2.75, 3.05) is 0 Å². The summed E-state index contributed by atoms with van der Waals surface area (Å²) in [5, 5.41) is 6.85. The van der Waals surface area contributed by atoms with Gasteiger partial charge in [0.15, 0.2) is 0 Å². The number of allylic oxidation sites excluding steroid dienone is 2. The molecule has 0 aromatic rings. The number of carbonyl (C=O) groups excluding carboxylic acids is 1. The quantitative estimate of drug-likeness (QED) is 0.412. The highest BCUT2D eigenvalue weighted by Gasteiger charge is 2.15. The summed E-state index contributed by atoms with van der Waals surface area (Å²) in [6.07, 6.45) is 6.29. The first kappa shape index (κ1) is 6.20. The number of hydrogen-bond acceptors (Lipinski definition) is 2. The van der Waals surface area contributed by atoms with Crippen LogP contribution in [0.15, 0.2) is 12.2 Å². The van der Waals surface area contributed by atoms with Crippen LogP contribution in [-0.4, -0.2) is 12.0 Å². The van der Waals surface area contributed by atoms with Crippen molar-refractivity contribution in [3.63, 3.8) is 0 Å². The molecule has 1 rings (SSSR count). The highest BCUT2D eigenvalue weighted by atomic mass is 16.1. The Morgan fingerprint density at radius 1 is 1.67 bits per heavy atom. The molecule has 0 saturated carbocycles. The molecule has 48 valence electrons. The SMILES string of the molecule is N=CC1CC=CCC1=O. The van der Waals surface area contributed by atoms with E-state index in [1.54, 1.807) is 0 Å². The summed E-state index contributed by atoms with van der Waals surface area (Å²) in [6.45, 7) is 0. The van der Waals surface area contributed by atoms with E-state index in [0.717, 1.165) is 6.42 Å². The van der Waals surface area contributed by atoms with E-state index in [1.165, 1.54) is 6.21 Å². The first-order chi connectivity index (χ1) is 4.34. The van der Waals surface area contributed by atoms with E-state index in [4.69, 9.17) is 5.41 Å². The minimum absolute atomic E-state index is 0.130. The number of ketones is 1. The smallest absolute Gasteiger partial charge is 0.145 e. The number of rotatable bonds is 1. The minimum Gasteiger partial charge on any atom is -0.312 e. The van der Waals surface area contributed by atoms with E-state index < -0.39 is 0 Å². The van der Waals surface area contributed by atoms with E-state index in [1.807, 2.05) is 12.2 Å². The Morgan fingerprint density at radius 3 is 2.89 bits per heavy atom. The standard InChI is InChI=1S/C7H9NO/c8-5-6-3-1-2-4-7(6)9/h1-2,5-6,8H,3-4H2. The van der Waals surface area contributed by atoms with Gasteiger partial charge < -0.3 is 5.41 Å². The molecule has 0 aliphatic heterocycles. The largest absolute Gasteiger partial charge is 0.312 e. The summed E-state index contributed by atoms with van der Waals surface area (Å²) in [7, 11) is 0. The molecular formula is C7H9NO. The zero-order valence-electron chi connectivity index (χ0n) is 5.13. The predicted octanol–water partition coefficient (Wildman–Crippen LogP) is 1.17. The van der Waals surface area contributed by atoms with Crippen LogP contribution < -0.4 is 0 Å². The van der Waals surface area contributed by atoms with Gasteiger partial charge in [-0.15, -0.1) is 0 Å². The predicted molar refractivity (Wildman–Crippen MR) is 35.7 cm³/mol. The third kappa shape index (κ3) is 1.25. The van der Waals surface area contributed by atoms with Crippen molar-refractivity contribution < 1.29 is 4.79 Å². The van der Waals surface area contributed by atoms with Crippen LogP contribution >= 0.6 is 0 Å². The maximum absolute atomic E-state index is 10.8. The minimum atomic E-state index is -0.130. The molecule has 2 nitrogen and oxygen atoms in total. The van der Waals surface area contributed by atoms with Gasteiger partial charge in [0.2, 0.25) is 0 Å². The first-order valence-electron chi connectivity index (χ1n) is 3.03. The highest BCUT2D eigenvalue weighted by molar-refractivity contribution is 5.95. The molecule has 1 unspecified atom stereocenters. The lowest BCUT2D eigenvalue weighted by Gasteiger charge is -2.09. The molecule has 0 heterocycles. The Labute approximate surface area is 54.1 Å². The van der Waals surface area contributed by atoms with Crippen molar-refractivity contribution in [2.45, 2.75) is 12.8 Å². The maximum atomic E-state index is 10.8. The third-order valence-corrected chi connectivity index (χ3v) is 1.49. The lowest BCUT2D eigenvalue weighted by Crippen LogP contribution is -2.16. The van der Waals surface area contributed by atoms with Gasteiger partial charge in [0, 0.05) is 12.6 Å². The number of hydrogen-bond donors (Lipinski definition) is 1. The maximum Gasteiger partial charge on any atom is 0.145 e. The lowest BCUT2D eigenvalue weighted by atomic mass is 9.94. The molecule has 1 N–H and O–H groups in total. The van der Waals surface area contributed by atoms with Gasteiger partial charge >= 0.3 is 0 Å². The van der Waals surface area contributed by atoms with Crippen LogP contribution in [0.1, 0.15) is 12.8 Å². The van der Waals surface area contributed by atoms with E-state index in [-0.39, 0.29) is 11.7 Å². The lowest BCUT2D eigenvalue weighted by molar-refractivity contribution is -0.120. The molecule has 0 saturated heterocycles. The van der Waals surface area contributed by atoms with E-state index in [9.17, 15) is 4.79 Å². The molecule has 1 aliphatic rings. The van der Waals surface area contributed by atoms with Crippen LogP contribution in [0.4, 0.5) is 0 Å². The fourth-order valence-electron chi connectivity index (χ4n) is 0.886. The molecule has 0 spiro atoms. The van der Waals surface area contributed by atoms with Crippen molar-refractivity contribution in [1.29, 1.82) is 5.41 Å². The first-order valence-corrected chi connectivity index (χ1v) is 3.03. The molecule has 0 amide bonds. The molecule has 0 fully saturated rings. The molecule has 1 aliphatic carbocycles. The normalized spacial score (nSPS) is 26.2. The van der Waals surface area contributed by atoms with Gasteiger partial charge in [-0.3, -0.25) is 4.79 Å². The number of nitrogens with one attached hydrogen (secondary N) is 1. The van der Waals surface area contributed by atoms with E-state index in [0.29, 0.717) is 6.42 Å². The molecule has 0 aromatic heterocycles. The summed E-state index contributed by atoms with van der Waals surface area (Å²) in [5.41, 5.74) is 0. The zero-order valence-corrected chi connectivity index (χ0v) is 5.13. The van der Waals surface area contributed by atoms with Gasteiger partial charge in [0.25, 0.3) is 0 Å². The van der Waals surface area contributed by atoms with E-state index in [2.05, 4.69) is 0 Å². The monoisotopic (exact) mass is 123 g/mol. The summed E-state index contributed by atoms with van der Waals surface area (Å²) in [4.78, 5) is 10.8. The third-order valence-electron chi connectivity index (χ3n) is 1.49. The topological polar surface area (TPSA) is 40.9 Å². The summed E-state index contributed by atoms with van der Waals surface area (Å²) >= 11 is 0. The van der Waals surface area contributed by atoms with Gasteiger partial charge in [0.1, 0.15) is 5.78 Å². The average molecular weight is 123 g/mol. The van der Waals surface area contributed by atoms with Crippen LogP contribution in [-0.2, 0) is 4.79 Å². The summed E-state index contributed by atoms with van der Waals surface area (Å²) < 4.78 is 0. The Bertz CT molecular complexity index is 160. The highest BCUT2D eigenvalue weighted by Crippen LogP contribution is 2.11. The number of carbonyl (C=O) groups is 1. The van der Waals surface area contributed by atoms with Gasteiger partial charge in [-0.25, -0.2) is 0 Å². The van der Waals surface area contributed by atoms with Gasteiger partial charge in [-0.05, 0) is 6.42 Å². The Kier molecular flexibility index (Phi) is 1.78. The fourth-order valence-corrected chi connectivity index (χ4v) is 0.886. The Balaban J connectivity index is 2.63. The van der Waals surface area contributed by atoms with Gasteiger partial charge in [-0.2, -0.15) is 0 Å².